The molecule has 0 bridgehead atoms. The number of H-pyrrole nitrogens is 1. The van der Waals surface area contributed by atoms with Crippen LogP contribution < -0.4 is 4.90 Å². The Bertz CT molecular complexity index is 1570. The van der Waals surface area contributed by atoms with Crippen molar-refractivity contribution >= 4 is 17.7 Å². The lowest BCUT2D eigenvalue weighted by atomic mass is 9.74. The molecular formula is C39H51F6N5O3. The first-order chi connectivity index (χ1) is 25.0. The van der Waals surface area contributed by atoms with Gasteiger partial charge >= 0.3 is 18.3 Å². The second-order valence-electron chi connectivity index (χ2n) is 14.8. The first kappa shape index (κ1) is 41.8. The van der Waals surface area contributed by atoms with Gasteiger partial charge in [-0.15, -0.1) is 0 Å². The second kappa shape index (κ2) is 18.4. The first-order valence-corrected chi connectivity index (χ1v) is 18.5. The van der Waals surface area contributed by atoms with Crippen LogP contribution >= 0.6 is 0 Å². The number of hydrogen-bond donors (Lipinski definition) is 1. The van der Waals surface area contributed by atoms with E-state index in [0.717, 1.165) is 50.7 Å². The monoisotopic (exact) mass is 751 g/mol. The van der Waals surface area contributed by atoms with Crippen LogP contribution in [0.25, 0.3) is 11.1 Å². The number of ether oxygens (including phenoxy) is 1. The number of nitrogens with zero attached hydrogens (tertiary/aromatic N) is 4. The third-order valence-corrected chi connectivity index (χ3v) is 10.8. The summed E-state index contributed by atoms with van der Waals surface area (Å²) in [6, 6.07) is 1.30. The van der Waals surface area contributed by atoms with E-state index in [4.69, 9.17) is 4.74 Å². The smallest absolute Gasteiger partial charge is 0.416 e. The molecule has 1 aromatic carbocycles. The summed E-state index contributed by atoms with van der Waals surface area (Å²) in [6.45, 7) is 7.76. The fraction of sp³-hybridized carbons (Fsp3) is 0.615. The van der Waals surface area contributed by atoms with E-state index >= 15 is 0 Å². The van der Waals surface area contributed by atoms with Gasteiger partial charge in [0.2, 0.25) is 5.95 Å². The number of nitrogens with one attached hydrogen (secondary N) is 1. The minimum Gasteiger partial charge on any atom is -0.469 e. The quantitative estimate of drug-likeness (QED) is 0.108. The Balaban J connectivity index is 1.64. The van der Waals surface area contributed by atoms with Crippen molar-refractivity contribution in [3.8, 4) is 11.1 Å². The number of rotatable bonds is 17. The van der Waals surface area contributed by atoms with Crippen molar-refractivity contribution in [2.45, 2.75) is 117 Å². The van der Waals surface area contributed by atoms with Gasteiger partial charge in [-0.25, -0.2) is 9.97 Å². The lowest BCUT2D eigenvalue weighted by Gasteiger charge is -2.37. The Morgan fingerprint density at radius 2 is 1.49 bits per heavy atom. The van der Waals surface area contributed by atoms with Crippen LogP contribution in [0.5, 0.6) is 0 Å². The Kier molecular flexibility index (Phi) is 14.5. The molecule has 53 heavy (non-hydrogen) atoms. The molecule has 14 heteroatoms. The van der Waals surface area contributed by atoms with Gasteiger partial charge in [-0.1, -0.05) is 40.5 Å². The highest BCUT2D eigenvalue weighted by Crippen LogP contribution is 2.39. The molecule has 1 fully saturated rings. The van der Waals surface area contributed by atoms with E-state index in [0.29, 0.717) is 36.8 Å². The summed E-state index contributed by atoms with van der Waals surface area (Å²) < 4.78 is 88.3. The maximum absolute atomic E-state index is 13.9. The third-order valence-electron chi connectivity index (χ3n) is 10.8. The fourth-order valence-electron chi connectivity index (χ4n) is 7.48. The van der Waals surface area contributed by atoms with Gasteiger partial charge in [0.25, 0.3) is 0 Å². The number of carbonyl (C=O) groups excluding carboxylic acids is 2. The molecule has 0 aliphatic heterocycles. The number of hydrogen-bond acceptors (Lipinski definition) is 7. The highest BCUT2D eigenvalue weighted by molar-refractivity contribution is 5.83. The minimum atomic E-state index is -4.99. The van der Waals surface area contributed by atoms with Crippen LogP contribution in [0, 0.1) is 29.6 Å². The van der Waals surface area contributed by atoms with E-state index in [2.05, 4.69) is 27.1 Å². The Hall–Kier alpha value is -3.97. The molecule has 0 radical (unpaired) electrons. The Morgan fingerprint density at radius 1 is 0.868 bits per heavy atom. The molecule has 2 heterocycles. The Labute approximate surface area is 307 Å². The van der Waals surface area contributed by atoms with Gasteiger partial charge in [-0.2, -0.15) is 31.4 Å². The van der Waals surface area contributed by atoms with Crippen LogP contribution in [-0.4, -0.2) is 45.1 Å². The van der Waals surface area contributed by atoms with E-state index in [9.17, 15) is 35.9 Å². The second-order valence-corrected chi connectivity index (χ2v) is 14.8. The number of alkyl halides is 6. The molecule has 0 spiro atoms. The lowest BCUT2D eigenvalue weighted by Crippen LogP contribution is -2.39. The van der Waals surface area contributed by atoms with Crippen molar-refractivity contribution in [1.29, 1.82) is 0 Å². The summed E-state index contributed by atoms with van der Waals surface area (Å²) in [4.78, 5) is 36.3. The number of Topliss-reactive ketones (excluding diaryl/α,β-unsaturated/α-hetero) is 1. The average molecular weight is 752 g/mol. The topological polar surface area (TPSA) is 101 Å². The number of methoxy groups -OCH3 is 1. The highest BCUT2D eigenvalue weighted by atomic mass is 19.4. The average Bonchev–Trinajstić information content (AvgIpc) is 3.67. The van der Waals surface area contributed by atoms with E-state index in [1.807, 2.05) is 20.8 Å². The molecule has 0 saturated heterocycles. The van der Waals surface area contributed by atoms with Crippen molar-refractivity contribution in [3.63, 3.8) is 0 Å². The van der Waals surface area contributed by atoms with Crippen molar-refractivity contribution in [2.24, 2.45) is 29.6 Å². The van der Waals surface area contributed by atoms with Crippen LogP contribution in [0.4, 0.5) is 32.3 Å². The molecule has 4 rings (SSSR count). The standard InChI is InChI=1S/C39H51F6N5O3/c1-6-24(3)12-34(16-26(7-2)13-25(4)36(52)29-10-8-27(9-11-29)17-35(51)53-5)50(37-46-19-30(20-47-37)31-21-48-49-22-31)23-28-14-32(38(40,41)42)18-33(15-28)39(43,44)45/h14-15,18-22,24-27,29,34H,6-13,16-17,23H2,1-5H3,(H,48,49)/t24-,25?,26-,27?,29?,34+/m1/s1. The highest BCUT2D eigenvalue weighted by Gasteiger charge is 2.38. The number of ketones is 1. The molecule has 1 saturated carbocycles. The molecule has 3 aromatic rings. The van der Waals surface area contributed by atoms with Crippen LogP contribution in [0.15, 0.2) is 43.0 Å². The summed E-state index contributed by atoms with van der Waals surface area (Å²) in [5, 5.41) is 6.67. The van der Waals surface area contributed by atoms with Crippen LogP contribution in [0.1, 0.15) is 109 Å². The summed E-state index contributed by atoms with van der Waals surface area (Å²) in [6.07, 6.45) is 2.97. The predicted octanol–water partition coefficient (Wildman–Crippen LogP) is 10.1. The van der Waals surface area contributed by atoms with Crippen molar-refractivity contribution < 1.29 is 40.7 Å². The summed E-state index contributed by atoms with van der Waals surface area (Å²) >= 11 is 0. The zero-order valence-corrected chi connectivity index (χ0v) is 31.1. The number of aromatic amines is 1. The van der Waals surface area contributed by atoms with Gasteiger partial charge in [-0.3, -0.25) is 14.7 Å². The number of anilines is 1. The van der Waals surface area contributed by atoms with E-state index in [1.165, 1.54) is 7.11 Å². The zero-order chi connectivity index (χ0) is 38.9. The molecule has 1 aliphatic rings. The number of halogens is 6. The lowest BCUT2D eigenvalue weighted by molar-refractivity contribution is -0.144. The summed E-state index contributed by atoms with van der Waals surface area (Å²) in [7, 11) is 1.37. The van der Waals surface area contributed by atoms with Crippen LogP contribution in [0.2, 0.25) is 0 Å². The van der Waals surface area contributed by atoms with Crippen molar-refractivity contribution in [2.75, 3.05) is 12.0 Å². The van der Waals surface area contributed by atoms with Crippen molar-refractivity contribution in [3.05, 3.63) is 59.7 Å². The molecule has 2 aromatic heterocycles. The summed E-state index contributed by atoms with van der Waals surface area (Å²) in [5.41, 5.74) is -1.57. The SMILES string of the molecule is CC[C@@H](C)C[C@@H](C[C@H](CC)CC(C)C(=O)C1CCC(CC(=O)OC)CC1)N(Cc1cc(C(F)(F)F)cc(C(F)(F)F)c1)c1ncc(-c2cn[nH]c2)cn1. The van der Waals surface area contributed by atoms with Crippen molar-refractivity contribution in [1.82, 2.24) is 20.2 Å². The van der Waals surface area contributed by atoms with Gasteiger partial charge in [-0.05, 0) is 86.5 Å². The van der Waals surface area contributed by atoms with Gasteiger partial charge in [0.1, 0.15) is 5.78 Å². The largest absolute Gasteiger partial charge is 0.469 e. The molecule has 0 amide bonds. The fourth-order valence-corrected chi connectivity index (χ4v) is 7.48. The zero-order valence-electron chi connectivity index (χ0n) is 31.1. The summed E-state index contributed by atoms with van der Waals surface area (Å²) in [5.74, 6) is 0.190. The minimum absolute atomic E-state index is 0.0265. The molecule has 8 nitrogen and oxygen atoms in total. The van der Waals surface area contributed by atoms with Crippen LogP contribution in [-0.2, 0) is 33.2 Å². The number of esters is 1. The molecule has 1 aliphatic carbocycles. The van der Waals surface area contributed by atoms with Gasteiger partial charge in [0.15, 0.2) is 0 Å². The predicted molar refractivity (Wildman–Crippen MR) is 189 cm³/mol. The van der Waals surface area contributed by atoms with Gasteiger partial charge in [0.05, 0.1) is 24.4 Å². The van der Waals surface area contributed by atoms with E-state index in [1.54, 1.807) is 29.7 Å². The number of carbonyl (C=O) groups is 2. The normalized spacial score (nSPS) is 18.9. The molecule has 1 unspecified atom stereocenters. The number of benzene rings is 1. The van der Waals surface area contributed by atoms with E-state index < -0.39 is 23.5 Å². The molecule has 292 valence electrons. The molecule has 1 N–H and O–H groups in total. The first-order valence-electron chi connectivity index (χ1n) is 18.5. The maximum atomic E-state index is 13.9. The van der Waals surface area contributed by atoms with Gasteiger partial charge in [0, 0.05) is 60.6 Å². The van der Waals surface area contributed by atoms with E-state index in [-0.39, 0.29) is 71.5 Å². The third kappa shape index (κ3) is 11.8. The molecule has 4 atom stereocenters. The molecular weight excluding hydrogens is 700 g/mol. The van der Waals surface area contributed by atoms with Crippen LogP contribution in [0.3, 0.4) is 0 Å². The number of aromatic nitrogens is 4. The maximum Gasteiger partial charge on any atom is 0.416 e. The van der Waals surface area contributed by atoms with Gasteiger partial charge < -0.3 is 9.64 Å². The Morgan fingerprint density at radius 3 is 2.00 bits per heavy atom.